The first kappa shape index (κ1) is 17.5. The molecule has 2 aromatic heterocycles. The summed E-state index contributed by atoms with van der Waals surface area (Å²) < 4.78 is 2.86. The maximum atomic E-state index is 11.8. The molecule has 1 saturated heterocycles. The molecule has 0 amide bonds. The van der Waals surface area contributed by atoms with E-state index in [0.717, 1.165) is 47.7 Å². The first-order valence-corrected chi connectivity index (χ1v) is 9.17. The fourth-order valence-corrected chi connectivity index (χ4v) is 3.42. The van der Waals surface area contributed by atoms with Crippen LogP contribution < -0.4 is 10.6 Å². The molecule has 0 atom stereocenters. The van der Waals surface area contributed by atoms with E-state index in [9.17, 15) is 4.79 Å². The molecule has 7 nitrogen and oxygen atoms in total. The fraction of sp³-hybridized carbons (Fsp3) is 0.350. The summed E-state index contributed by atoms with van der Waals surface area (Å²) in [6, 6.07) is 5.93. The number of fused-ring (bicyclic) bond motifs is 1. The Balaban J connectivity index is 1.81. The molecule has 27 heavy (non-hydrogen) atoms. The standard InChI is InChI=1S/C20H24N6O/c1-14-12-16(15(21)13-18(14)27)22-19-17-6-4-5-7-25(17)23-20(19)24-8-10-26(2,3)11-9-24/h4-7,12-13H,8-11H2,1-3H3,(H-,21,27)/p+1/b22-16+. The number of pyridine rings is 1. The van der Waals surface area contributed by atoms with Crippen LogP contribution in [0.25, 0.3) is 5.52 Å². The van der Waals surface area contributed by atoms with Crippen LogP contribution in [-0.2, 0) is 4.79 Å². The van der Waals surface area contributed by atoms with Gasteiger partial charge >= 0.3 is 0 Å². The van der Waals surface area contributed by atoms with Crippen molar-refractivity contribution >= 4 is 28.5 Å². The number of nitrogens with zero attached hydrogens (tertiary/aromatic N) is 5. The van der Waals surface area contributed by atoms with Crippen LogP contribution in [0.5, 0.6) is 0 Å². The first-order valence-electron chi connectivity index (χ1n) is 9.17. The molecule has 2 N–H and O–H groups in total. The van der Waals surface area contributed by atoms with Gasteiger partial charge in [-0.15, -0.1) is 5.10 Å². The third-order valence-corrected chi connectivity index (χ3v) is 5.30. The zero-order valence-corrected chi connectivity index (χ0v) is 16.0. The largest absolute Gasteiger partial charge is 0.397 e. The molecule has 140 valence electrons. The average molecular weight is 365 g/mol. The van der Waals surface area contributed by atoms with Gasteiger partial charge in [-0.1, -0.05) is 6.07 Å². The molecule has 2 aromatic rings. The van der Waals surface area contributed by atoms with Crippen molar-refractivity contribution in [1.82, 2.24) is 9.61 Å². The number of likely N-dealkylation sites (N-methyl/N-ethyl adjacent to an activating group) is 1. The van der Waals surface area contributed by atoms with Crippen molar-refractivity contribution < 1.29 is 9.28 Å². The van der Waals surface area contributed by atoms with E-state index in [-0.39, 0.29) is 5.78 Å². The van der Waals surface area contributed by atoms with Gasteiger partial charge in [0.25, 0.3) is 0 Å². The van der Waals surface area contributed by atoms with Gasteiger partial charge in [0.15, 0.2) is 11.6 Å². The van der Waals surface area contributed by atoms with Crippen LogP contribution in [0.3, 0.4) is 0 Å². The Morgan fingerprint density at radius 3 is 2.67 bits per heavy atom. The molecule has 1 aliphatic carbocycles. The highest BCUT2D eigenvalue weighted by Gasteiger charge is 2.28. The van der Waals surface area contributed by atoms with Crippen molar-refractivity contribution in [3.63, 3.8) is 0 Å². The molecule has 0 radical (unpaired) electrons. The second-order valence-corrected chi connectivity index (χ2v) is 7.86. The van der Waals surface area contributed by atoms with Gasteiger partial charge in [0.1, 0.15) is 5.69 Å². The minimum Gasteiger partial charge on any atom is -0.397 e. The maximum absolute atomic E-state index is 11.8. The highest BCUT2D eigenvalue weighted by atomic mass is 16.1. The van der Waals surface area contributed by atoms with Gasteiger partial charge in [-0.2, -0.15) is 0 Å². The third-order valence-electron chi connectivity index (χ3n) is 5.30. The minimum atomic E-state index is -0.0671. The SMILES string of the molecule is CC1=C/C(=N\c2c(N3CC[N+](C)(C)CC3)nn3ccccc23)C(N)=CC1=O. The Labute approximate surface area is 158 Å². The van der Waals surface area contributed by atoms with Gasteiger partial charge in [-0.05, 0) is 30.7 Å². The van der Waals surface area contributed by atoms with E-state index in [1.165, 1.54) is 6.08 Å². The molecule has 1 fully saturated rings. The van der Waals surface area contributed by atoms with Crippen LogP contribution in [0.4, 0.5) is 11.5 Å². The molecule has 2 aliphatic rings. The van der Waals surface area contributed by atoms with E-state index in [4.69, 9.17) is 15.8 Å². The Morgan fingerprint density at radius 2 is 1.93 bits per heavy atom. The molecule has 0 aromatic carbocycles. The zero-order chi connectivity index (χ0) is 19.2. The van der Waals surface area contributed by atoms with Gasteiger partial charge in [-0.25, -0.2) is 9.51 Å². The molecule has 3 heterocycles. The summed E-state index contributed by atoms with van der Waals surface area (Å²) in [5.74, 6) is 0.798. The van der Waals surface area contributed by atoms with E-state index in [2.05, 4.69) is 19.0 Å². The Kier molecular flexibility index (Phi) is 4.11. The number of carbonyl (C=O) groups is 1. The molecule has 0 bridgehead atoms. The number of hydrogen-bond donors (Lipinski definition) is 1. The fourth-order valence-electron chi connectivity index (χ4n) is 3.42. The lowest BCUT2D eigenvalue weighted by Crippen LogP contribution is -2.55. The highest BCUT2D eigenvalue weighted by Crippen LogP contribution is 2.34. The van der Waals surface area contributed by atoms with E-state index >= 15 is 0 Å². The number of allylic oxidation sites excluding steroid dienone is 3. The average Bonchev–Trinajstić information content (AvgIpc) is 2.98. The van der Waals surface area contributed by atoms with Crippen molar-refractivity contribution in [1.29, 1.82) is 0 Å². The summed E-state index contributed by atoms with van der Waals surface area (Å²) >= 11 is 0. The topological polar surface area (TPSA) is 76.0 Å². The van der Waals surface area contributed by atoms with E-state index in [0.29, 0.717) is 17.0 Å². The number of piperazine rings is 1. The van der Waals surface area contributed by atoms with Gasteiger partial charge in [0.05, 0.1) is 57.2 Å². The predicted octanol–water partition coefficient (Wildman–Crippen LogP) is 1.67. The molecular weight excluding hydrogens is 340 g/mol. The summed E-state index contributed by atoms with van der Waals surface area (Å²) in [5, 5.41) is 4.79. The summed E-state index contributed by atoms with van der Waals surface area (Å²) in [6.07, 6.45) is 5.13. The van der Waals surface area contributed by atoms with E-state index in [1.54, 1.807) is 13.0 Å². The van der Waals surface area contributed by atoms with Crippen LogP contribution >= 0.6 is 0 Å². The van der Waals surface area contributed by atoms with Gasteiger partial charge in [0.2, 0.25) is 0 Å². The van der Waals surface area contributed by atoms with E-state index in [1.807, 2.05) is 28.9 Å². The lowest BCUT2D eigenvalue weighted by Gasteiger charge is -2.39. The van der Waals surface area contributed by atoms with E-state index < -0.39 is 0 Å². The van der Waals surface area contributed by atoms with Crippen molar-refractivity contribution in [2.75, 3.05) is 45.2 Å². The number of quaternary nitrogens is 1. The van der Waals surface area contributed by atoms with Crippen LogP contribution in [0.15, 0.2) is 52.8 Å². The summed E-state index contributed by atoms with van der Waals surface area (Å²) in [5.41, 5.74) is 9.44. The molecule has 1 aliphatic heterocycles. The molecule has 7 heteroatoms. The van der Waals surface area contributed by atoms with Crippen LogP contribution in [0.1, 0.15) is 6.92 Å². The second kappa shape index (κ2) is 6.35. The van der Waals surface area contributed by atoms with Crippen LogP contribution in [-0.4, -0.2) is 65.9 Å². The second-order valence-electron chi connectivity index (χ2n) is 7.86. The minimum absolute atomic E-state index is 0.0671. The number of carbonyl (C=O) groups excluding carboxylic acids is 1. The number of anilines is 1. The number of aromatic nitrogens is 2. The number of aliphatic imine (C=N–C) groups is 1. The van der Waals surface area contributed by atoms with Gasteiger partial charge in [0, 0.05) is 12.3 Å². The monoisotopic (exact) mass is 365 g/mol. The van der Waals surface area contributed by atoms with Crippen LogP contribution in [0, 0.1) is 0 Å². The predicted molar refractivity (Wildman–Crippen MR) is 107 cm³/mol. The van der Waals surface area contributed by atoms with Gasteiger partial charge in [-0.3, -0.25) is 4.79 Å². The number of nitrogens with two attached hydrogens (primary N) is 1. The number of hydrogen-bond acceptors (Lipinski definition) is 5. The highest BCUT2D eigenvalue weighted by molar-refractivity contribution is 6.22. The zero-order valence-electron chi connectivity index (χ0n) is 16.0. The molecular formula is C20H25N6O+. The van der Waals surface area contributed by atoms with Crippen LogP contribution in [0.2, 0.25) is 0 Å². The number of ketones is 1. The molecule has 4 rings (SSSR count). The normalized spacial score (nSPS) is 21.5. The Morgan fingerprint density at radius 1 is 1.19 bits per heavy atom. The number of rotatable bonds is 2. The van der Waals surface area contributed by atoms with Crippen molar-refractivity contribution in [2.45, 2.75) is 6.92 Å². The lowest BCUT2D eigenvalue weighted by atomic mass is 10.0. The molecule has 0 unspecified atom stereocenters. The van der Waals surface area contributed by atoms with Crippen molar-refractivity contribution in [2.24, 2.45) is 10.7 Å². The third kappa shape index (κ3) is 3.26. The smallest absolute Gasteiger partial charge is 0.183 e. The van der Waals surface area contributed by atoms with Gasteiger partial charge < -0.3 is 15.1 Å². The Bertz CT molecular complexity index is 1000. The van der Waals surface area contributed by atoms with Crippen molar-refractivity contribution in [3.8, 4) is 0 Å². The molecule has 0 saturated carbocycles. The summed E-state index contributed by atoms with van der Waals surface area (Å²) in [4.78, 5) is 19.0. The lowest BCUT2D eigenvalue weighted by molar-refractivity contribution is -0.890. The Hall–Kier alpha value is -2.93. The van der Waals surface area contributed by atoms with Crippen molar-refractivity contribution in [3.05, 3.63) is 47.8 Å². The maximum Gasteiger partial charge on any atom is 0.183 e. The quantitative estimate of drug-likeness (QED) is 0.649. The first-order chi connectivity index (χ1) is 12.8. The summed E-state index contributed by atoms with van der Waals surface area (Å²) in [7, 11) is 4.50. The summed E-state index contributed by atoms with van der Waals surface area (Å²) in [6.45, 7) is 5.74. The molecule has 0 spiro atoms.